The van der Waals surface area contributed by atoms with Crippen LogP contribution < -0.4 is 5.73 Å². The van der Waals surface area contributed by atoms with Crippen LogP contribution in [0, 0.1) is 0 Å². The summed E-state index contributed by atoms with van der Waals surface area (Å²) >= 11 is 1.56. The molecule has 3 heteroatoms. The average molecular weight is 244 g/mol. The molecule has 0 amide bonds. The number of nitrogen functional groups attached to an aromatic ring is 1. The van der Waals surface area contributed by atoms with E-state index < -0.39 is 0 Å². The van der Waals surface area contributed by atoms with Gasteiger partial charge in [0.1, 0.15) is 0 Å². The molecular weight excluding hydrogens is 228 g/mol. The molecule has 1 heterocycles. The van der Waals surface area contributed by atoms with E-state index in [0.717, 1.165) is 12.8 Å². The third kappa shape index (κ3) is 2.20. The van der Waals surface area contributed by atoms with E-state index in [-0.39, 0.29) is 0 Å². The summed E-state index contributed by atoms with van der Waals surface area (Å²) in [6.45, 7) is 0. The fourth-order valence-electron chi connectivity index (χ4n) is 2.63. The summed E-state index contributed by atoms with van der Waals surface area (Å²) in [5.74, 6) is 0.580. The summed E-state index contributed by atoms with van der Waals surface area (Å²) in [4.78, 5) is 4.44. The first-order valence-electron chi connectivity index (χ1n) is 6.10. The van der Waals surface area contributed by atoms with Crippen molar-refractivity contribution in [2.24, 2.45) is 0 Å². The molecule has 0 aliphatic heterocycles. The van der Waals surface area contributed by atoms with Crippen molar-refractivity contribution in [3.8, 4) is 0 Å². The minimum absolute atomic E-state index is 0.580. The molecule has 88 valence electrons. The Balaban J connectivity index is 1.81. The average Bonchev–Trinajstić information content (AvgIpc) is 2.66. The summed E-state index contributed by atoms with van der Waals surface area (Å²) in [5.41, 5.74) is 9.94. The Kier molecular flexibility index (Phi) is 2.85. The van der Waals surface area contributed by atoms with Crippen LogP contribution in [0.3, 0.4) is 0 Å². The van der Waals surface area contributed by atoms with E-state index in [1.165, 1.54) is 29.7 Å². The Morgan fingerprint density at radius 2 is 1.76 bits per heavy atom. The number of anilines is 1. The van der Waals surface area contributed by atoms with Crippen molar-refractivity contribution in [1.82, 2.24) is 4.98 Å². The van der Waals surface area contributed by atoms with E-state index in [0.29, 0.717) is 11.0 Å². The summed E-state index contributed by atoms with van der Waals surface area (Å²) in [6.07, 6.45) is 4.72. The molecule has 0 fully saturated rings. The number of nitrogens with two attached hydrogens (primary N) is 1. The van der Waals surface area contributed by atoms with Gasteiger partial charge in [-0.3, -0.25) is 0 Å². The summed E-state index contributed by atoms with van der Waals surface area (Å²) in [7, 11) is 0. The van der Waals surface area contributed by atoms with Crippen molar-refractivity contribution in [3.05, 3.63) is 46.5 Å². The number of thiazole rings is 1. The molecule has 17 heavy (non-hydrogen) atoms. The first-order valence-corrected chi connectivity index (χ1v) is 6.98. The summed E-state index contributed by atoms with van der Waals surface area (Å²) in [6, 6.07) is 8.79. The van der Waals surface area contributed by atoms with Crippen LogP contribution in [0.15, 0.2) is 29.6 Å². The van der Waals surface area contributed by atoms with E-state index in [2.05, 4.69) is 34.6 Å². The van der Waals surface area contributed by atoms with Crippen molar-refractivity contribution >= 4 is 16.5 Å². The highest BCUT2D eigenvalue weighted by molar-refractivity contribution is 7.13. The van der Waals surface area contributed by atoms with Crippen molar-refractivity contribution in [3.63, 3.8) is 0 Å². The third-order valence-corrected chi connectivity index (χ3v) is 4.29. The number of hydrogen-bond acceptors (Lipinski definition) is 3. The van der Waals surface area contributed by atoms with Gasteiger partial charge in [0.2, 0.25) is 0 Å². The minimum Gasteiger partial charge on any atom is -0.375 e. The van der Waals surface area contributed by atoms with Crippen molar-refractivity contribution < 1.29 is 0 Å². The lowest BCUT2D eigenvalue weighted by Gasteiger charge is -2.10. The topological polar surface area (TPSA) is 38.9 Å². The maximum absolute atomic E-state index is 5.72. The van der Waals surface area contributed by atoms with Gasteiger partial charge in [-0.25, -0.2) is 4.98 Å². The maximum atomic E-state index is 5.72. The standard InChI is InChI=1S/C14H16N2S/c15-14-16-13(9-17-14)12-7-5-10-3-1-2-4-11(10)6-8-12/h1-4,9,12H,5-8H2,(H2,15,16). The molecule has 1 aromatic carbocycles. The number of hydrogen-bond donors (Lipinski definition) is 1. The highest BCUT2D eigenvalue weighted by atomic mass is 32.1. The first-order chi connectivity index (χ1) is 8.33. The van der Waals surface area contributed by atoms with Crippen molar-refractivity contribution in [2.75, 3.05) is 5.73 Å². The molecule has 0 radical (unpaired) electrons. The molecule has 0 saturated carbocycles. The van der Waals surface area contributed by atoms with Crippen LogP contribution in [-0.4, -0.2) is 4.98 Å². The second kappa shape index (κ2) is 4.49. The van der Waals surface area contributed by atoms with Crippen LogP contribution in [0.5, 0.6) is 0 Å². The van der Waals surface area contributed by atoms with Gasteiger partial charge in [0.25, 0.3) is 0 Å². The molecule has 2 nitrogen and oxygen atoms in total. The number of nitrogens with zero attached hydrogens (tertiary/aromatic N) is 1. The molecule has 2 aromatic rings. The zero-order valence-electron chi connectivity index (χ0n) is 9.73. The monoisotopic (exact) mass is 244 g/mol. The van der Waals surface area contributed by atoms with Gasteiger partial charge in [-0.05, 0) is 36.8 Å². The molecule has 2 N–H and O–H groups in total. The molecule has 3 rings (SSSR count). The minimum atomic E-state index is 0.580. The fourth-order valence-corrected chi connectivity index (χ4v) is 3.28. The second-order valence-electron chi connectivity index (χ2n) is 4.65. The molecular formula is C14H16N2S. The molecule has 1 aromatic heterocycles. The number of aryl methyl sites for hydroxylation is 2. The second-order valence-corrected chi connectivity index (χ2v) is 5.54. The van der Waals surface area contributed by atoms with Gasteiger partial charge in [0.15, 0.2) is 5.13 Å². The molecule has 0 saturated heterocycles. The van der Waals surface area contributed by atoms with Crippen LogP contribution in [0.1, 0.15) is 35.6 Å². The van der Waals surface area contributed by atoms with Crippen molar-refractivity contribution in [2.45, 2.75) is 31.6 Å². The van der Waals surface area contributed by atoms with Gasteiger partial charge in [-0.1, -0.05) is 24.3 Å². The molecule has 0 bridgehead atoms. The van der Waals surface area contributed by atoms with Crippen LogP contribution >= 0.6 is 11.3 Å². The van der Waals surface area contributed by atoms with Gasteiger partial charge >= 0.3 is 0 Å². The lowest BCUT2D eigenvalue weighted by atomic mass is 9.97. The number of benzene rings is 1. The van der Waals surface area contributed by atoms with Crippen LogP contribution in [0.25, 0.3) is 0 Å². The van der Waals surface area contributed by atoms with E-state index in [1.807, 2.05) is 0 Å². The fraction of sp³-hybridized carbons (Fsp3) is 0.357. The Labute approximate surface area is 106 Å². The Bertz CT molecular complexity index is 491. The molecule has 1 aliphatic rings. The predicted octanol–water partition coefficient (Wildman–Crippen LogP) is 3.39. The largest absolute Gasteiger partial charge is 0.375 e. The Morgan fingerprint density at radius 1 is 1.12 bits per heavy atom. The van der Waals surface area contributed by atoms with Crippen LogP contribution in [0.2, 0.25) is 0 Å². The smallest absolute Gasteiger partial charge is 0.180 e. The van der Waals surface area contributed by atoms with Crippen LogP contribution in [0.4, 0.5) is 5.13 Å². The summed E-state index contributed by atoms with van der Waals surface area (Å²) in [5, 5.41) is 2.82. The lowest BCUT2D eigenvalue weighted by molar-refractivity contribution is 0.587. The highest BCUT2D eigenvalue weighted by Crippen LogP contribution is 2.32. The zero-order valence-corrected chi connectivity index (χ0v) is 10.5. The third-order valence-electron chi connectivity index (χ3n) is 3.60. The Morgan fingerprint density at radius 3 is 2.29 bits per heavy atom. The van der Waals surface area contributed by atoms with E-state index >= 15 is 0 Å². The van der Waals surface area contributed by atoms with Gasteiger partial charge in [-0.15, -0.1) is 11.3 Å². The van der Waals surface area contributed by atoms with Gasteiger partial charge in [0, 0.05) is 11.3 Å². The van der Waals surface area contributed by atoms with Gasteiger partial charge < -0.3 is 5.73 Å². The SMILES string of the molecule is Nc1nc(C2CCc3ccccc3CC2)cs1. The summed E-state index contributed by atoms with van der Waals surface area (Å²) < 4.78 is 0. The highest BCUT2D eigenvalue weighted by Gasteiger charge is 2.19. The first kappa shape index (κ1) is 10.8. The maximum Gasteiger partial charge on any atom is 0.180 e. The molecule has 0 atom stereocenters. The van der Waals surface area contributed by atoms with Gasteiger partial charge in [-0.2, -0.15) is 0 Å². The normalized spacial score (nSPS) is 16.5. The lowest BCUT2D eigenvalue weighted by Crippen LogP contribution is -2.00. The quantitative estimate of drug-likeness (QED) is 0.781. The molecule has 1 aliphatic carbocycles. The van der Waals surface area contributed by atoms with Gasteiger partial charge in [0.05, 0.1) is 5.69 Å². The van der Waals surface area contributed by atoms with Crippen LogP contribution in [-0.2, 0) is 12.8 Å². The number of fused-ring (bicyclic) bond motifs is 1. The zero-order chi connectivity index (χ0) is 11.7. The van der Waals surface area contributed by atoms with E-state index in [1.54, 1.807) is 11.3 Å². The van der Waals surface area contributed by atoms with E-state index in [9.17, 15) is 0 Å². The molecule has 0 spiro atoms. The van der Waals surface area contributed by atoms with E-state index in [4.69, 9.17) is 5.73 Å². The van der Waals surface area contributed by atoms with Crippen molar-refractivity contribution in [1.29, 1.82) is 0 Å². The molecule has 0 unspecified atom stereocenters. The predicted molar refractivity (Wildman–Crippen MR) is 72.4 cm³/mol. The number of aromatic nitrogens is 1. The number of rotatable bonds is 1. The Hall–Kier alpha value is -1.35.